The molecule has 1 aliphatic rings. The van der Waals surface area contributed by atoms with Crippen LogP contribution in [0.25, 0.3) is 0 Å². The van der Waals surface area contributed by atoms with Gasteiger partial charge in [-0.3, -0.25) is 0 Å². The van der Waals surface area contributed by atoms with Crippen molar-refractivity contribution in [3.05, 3.63) is 70.2 Å². The van der Waals surface area contributed by atoms with E-state index >= 15 is 0 Å². The number of rotatable bonds is 4. The third-order valence-corrected chi connectivity index (χ3v) is 5.05. The molecule has 0 spiro atoms. The van der Waals surface area contributed by atoms with Crippen LogP contribution in [0.3, 0.4) is 0 Å². The zero-order chi connectivity index (χ0) is 17.2. The van der Waals surface area contributed by atoms with Crippen molar-refractivity contribution >= 4 is 33.4 Å². The van der Waals surface area contributed by atoms with E-state index in [1.807, 2.05) is 24.3 Å². The molecule has 3 aromatic rings. The van der Waals surface area contributed by atoms with Crippen LogP contribution in [0.4, 0.5) is 4.39 Å². The van der Waals surface area contributed by atoms with Gasteiger partial charge in [-0.05, 0) is 42.0 Å². The molecule has 8 heteroatoms. The molecule has 1 aliphatic heterocycles. The van der Waals surface area contributed by atoms with E-state index in [1.165, 1.54) is 12.1 Å². The van der Waals surface area contributed by atoms with E-state index in [2.05, 4.69) is 31.2 Å². The van der Waals surface area contributed by atoms with Crippen LogP contribution in [-0.2, 0) is 6.61 Å². The Morgan fingerprint density at radius 2 is 1.84 bits per heavy atom. The Labute approximate surface area is 156 Å². The highest BCUT2D eigenvalue weighted by Crippen LogP contribution is 2.25. The highest BCUT2D eigenvalue weighted by molar-refractivity contribution is 9.10. The SMILES string of the molecule is Fc1ccc(OCc2nnc3n2N=C(c2ccc(Br)cc2)CS3)cc1. The van der Waals surface area contributed by atoms with Gasteiger partial charge in [-0.25, -0.2) is 4.39 Å². The molecule has 0 saturated heterocycles. The fourth-order valence-electron chi connectivity index (χ4n) is 2.32. The summed E-state index contributed by atoms with van der Waals surface area (Å²) >= 11 is 5.02. The summed E-state index contributed by atoms with van der Waals surface area (Å²) in [5, 5.41) is 13.7. The van der Waals surface area contributed by atoms with Crippen LogP contribution in [0.15, 0.2) is 63.3 Å². The first-order valence-electron chi connectivity index (χ1n) is 7.48. The normalized spacial score (nSPS) is 13.3. The van der Waals surface area contributed by atoms with Gasteiger partial charge in [-0.1, -0.05) is 39.8 Å². The van der Waals surface area contributed by atoms with Crippen LogP contribution in [0, 0.1) is 5.82 Å². The maximum atomic E-state index is 12.9. The van der Waals surface area contributed by atoms with Crippen LogP contribution < -0.4 is 4.74 Å². The highest BCUT2D eigenvalue weighted by Gasteiger charge is 2.20. The quantitative estimate of drug-likeness (QED) is 0.639. The first-order valence-corrected chi connectivity index (χ1v) is 9.26. The van der Waals surface area contributed by atoms with Crippen molar-refractivity contribution < 1.29 is 9.13 Å². The summed E-state index contributed by atoms with van der Waals surface area (Å²) < 4.78 is 21.3. The summed E-state index contributed by atoms with van der Waals surface area (Å²) in [5.74, 6) is 1.60. The molecule has 1 aromatic heterocycles. The minimum Gasteiger partial charge on any atom is -0.486 e. The first-order chi connectivity index (χ1) is 12.2. The molecule has 0 amide bonds. The van der Waals surface area contributed by atoms with E-state index in [-0.39, 0.29) is 12.4 Å². The van der Waals surface area contributed by atoms with Gasteiger partial charge < -0.3 is 4.74 Å². The van der Waals surface area contributed by atoms with E-state index in [4.69, 9.17) is 4.74 Å². The maximum absolute atomic E-state index is 12.9. The van der Waals surface area contributed by atoms with Crippen LogP contribution in [0.1, 0.15) is 11.4 Å². The van der Waals surface area contributed by atoms with Gasteiger partial charge in [0.05, 0.1) is 5.71 Å². The van der Waals surface area contributed by atoms with Crippen molar-refractivity contribution in [1.82, 2.24) is 14.9 Å². The number of fused-ring (bicyclic) bond motifs is 1. The molecule has 0 bridgehead atoms. The summed E-state index contributed by atoms with van der Waals surface area (Å²) in [5.41, 5.74) is 2.01. The first kappa shape index (κ1) is 16.3. The highest BCUT2D eigenvalue weighted by atomic mass is 79.9. The molecule has 4 rings (SSSR count). The molecule has 0 radical (unpaired) electrons. The van der Waals surface area contributed by atoms with E-state index in [0.29, 0.717) is 11.6 Å². The number of hydrogen-bond donors (Lipinski definition) is 0. The summed E-state index contributed by atoms with van der Waals surface area (Å²) in [7, 11) is 0. The Balaban J connectivity index is 1.56. The Morgan fingerprint density at radius 3 is 2.60 bits per heavy atom. The van der Waals surface area contributed by atoms with Gasteiger partial charge in [0.2, 0.25) is 5.16 Å². The van der Waals surface area contributed by atoms with Gasteiger partial charge in [0.1, 0.15) is 18.2 Å². The second kappa shape index (κ2) is 6.97. The molecular formula is C17H12BrFN4OS. The van der Waals surface area contributed by atoms with Gasteiger partial charge in [-0.15, -0.1) is 10.2 Å². The summed E-state index contributed by atoms with van der Waals surface area (Å²) in [4.78, 5) is 0. The van der Waals surface area contributed by atoms with Crippen molar-refractivity contribution in [1.29, 1.82) is 0 Å². The molecule has 25 heavy (non-hydrogen) atoms. The lowest BCUT2D eigenvalue weighted by Gasteiger charge is -2.14. The second-order valence-electron chi connectivity index (χ2n) is 5.30. The molecule has 0 N–H and O–H groups in total. The van der Waals surface area contributed by atoms with E-state index < -0.39 is 0 Å². The monoisotopic (exact) mass is 418 g/mol. The molecule has 0 unspecified atom stereocenters. The predicted octanol–water partition coefficient (Wildman–Crippen LogP) is 4.12. The zero-order valence-corrected chi connectivity index (χ0v) is 15.3. The molecule has 0 aliphatic carbocycles. The van der Waals surface area contributed by atoms with Gasteiger partial charge in [-0.2, -0.15) is 9.78 Å². The molecule has 0 atom stereocenters. The topological polar surface area (TPSA) is 52.3 Å². The lowest BCUT2D eigenvalue weighted by atomic mass is 10.1. The molecular weight excluding hydrogens is 407 g/mol. The largest absolute Gasteiger partial charge is 0.486 e. The minimum absolute atomic E-state index is 0.205. The average Bonchev–Trinajstić information content (AvgIpc) is 3.04. The van der Waals surface area contributed by atoms with Crippen molar-refractivity contribution in [3.8, 4) is 5.75 Å². The van der Waals surface area contributed by atoms with Crippen LogP contribution in [-0.4, -0.2) is 26.3 Å². The Morgan fingerprint density at radius 1 is 1.08 bits per heavy atom. The maximum Gasteiger partial charge on any atom is 0.212 e. The molecule has 0 saturated carbocycles. The number of benzene rings is 2. The number of hydrogen-bond acceptors (Lipinski definition) is 5. The fourth-order valence-corrected chi connectivity index (χ4v) is 3.44. The standard InChI is InChI=1S/C17H12BrFN4OS/c18-12-3-1-11(2-4-12)15-10-25-17-21-20-16(23(17)22-15)9-24-14-7-5-13(19)6-8-14/h1-8H,9-10H2. The average molecular weight is 419 g/mol. The molecule has 5 nitrogen and oxygen atoms in total. The summed E-state index contributed by atoms with van der Waals surface area (Å²) in [6, 6.07) is 13.9. The van der Waals surface area contributed by atoms with Crippen LogP contribution in [0.2, 0.25) is 0 Å². The Bertz CT molecular complexity index is 925. The van der Waals surface area contributed by atoms with Gasteiger partial charge in [0, 0.05) is 10.2 Å². The van der Waals surface area contributed by atoms with E-state index in [9.17, 15) is 4.39 Å². The minimum atomic E-state index is -0.299. The Hall–Kier alpha value is -2.19. The third-order valence-electron chi connectivity index (χ3n) is 3.59. The molecule has 2 aromatic carbocycles. The Kier molecular flexibility index (Phi) is 4.54. The van der Waals surface area contributed by atoms with E-state index in [0.717, 1.165) is 26.7 Å². The number of ether oxygens (including phenoxy) is 1. The van der Waals surface area contributed by atoms with Crippen molar-refractivity contribution in [2.24, 2.45) is 5.10 Å². The van der Waals surface area contributed by atoms with Crippen molar-refractivity contribution in [2.45, 2.75) is 11.8 Å². The summed E-state index contributed by atoms with van der Waals surface area (Å²) in [6.07, 6.45) is 0. The van der Waals surface area contributed by atoms with Crippen LogP contribution in [0.5, 0.6) is 5.75 Å². The number of thioether (sulfide) groups is 1. The zero-order valence-electron chi connectivity index (χ0n) is 12.9. The summed E-state index contributed by atoms with van der Waals surface area (Å²) in [6.45, 7) is 0.205. The third kappa shape index (κ3) is 3.59. The molecule has 126 valence electrons. The fraction of sp³-hybridized carbons (Fsp3) is 0.118. The van der Waals surface area contributed by atoms with Crippen molar-refractivity contribution in [2.75, 3.05) is 5.75 Å². The lowest BCUT2D eigenvalue weighted by molar-refractivity contribution is 0.289. The lowest BCUT2D eigenvalue weighted by Crippen LogP contribution is -2.15. The second-order valence-corrected chi connectivity index (χ2v) is 7.15. The van der Waals surface area contributed by atoms with Gasteiger partial charge in [0.25, 0.3) is 0 Å². The smallest absolute Gasteiger partial charge is 0.212 e. The van der Waals surface area contributed by atoms with Crippen LogP contribution >= 0.6 is 27.7 Å². The van der Waals surface area contributed by atoms with Crippen molar-refractivity contribution in [3.63, 3.8) is 0 Å². The van der Waals surface area contributed by atoms with Gasteiger partial charge in [0.15, 0.2) is 5.82 Å². The molecule has 2 heterocycles. The number of nitrogens with zero attached hydrogens (tertiary/aromatic N) is 4. The number of aromatic nitrogens is 3. The van der Waals surface area contributed by atoms with E-state index in [1.54, 1.807) is 28.6 Å². The predicted molar refractivity (Wildman–Crippen MR) is 97.6 cm³/mol. The van der Waals surface area contributed by atoms with Gasteiger partial charge >= 0.3 is 0 Å². The molecule has 0 fully saturated rings. The number of halogens is 2.